The summed E-state index contributed by atoms with van der Waals surface area (Å²) in [5.74, 6) is 5.82. The number of amides is 1. The maximum Gasteiger partial charge on any atom is 0.282 e. The summed E-state index contributed by atoms with van der Waals surface area (Å²) in [7, 11) is 0. The molecule has 0 aliphatic carbocycles. The Morgan fingerprint density at radius 2 is 2.35 bits per heavy atom. The second kappa shape index (κ2) is 6.10. The molecule has 0 aromatic heterocycles. The number of carbonyl (C=O) groups is 1. The molecule has 1 aromatic carbocycles. The number of nitro groups is 1. The third kappa shape index (κ3) is 3.02. The van der Waals surface area contributed by atoms with Gasteiger partial charge < -0.3 is 10.3 Å². The highest BCUT2D eigenvalue weighted by Gasteiger charge is 2.28. The van der Waals surface area contributed by atoms with Crippen molar-refractivity contribution in [2.75, 3.05) is 24.3 Å². The summed E-state index contributed by atoms with van der Waals surface area (Å²) in [5.41, 5.74) is 2.75. The number of rotatable bonds is 3. The Morgan fingerprint density at radius 3 is 2.95 bits per heavy atom. The molecule has 1 aromatic rings. The van der Waals surface area contributed by atoms with Gasteiger partial charge in [-0.3, -0.25) is 20.8 Å². The first kappa shape index (κ1) is 14.6. The lowest BCUT2D eigenvalue weighted by molar-refractivity contribution is -0.385. The molecular formula is C12H16N4O3S. The van der Waals surface area contributed by atoms with Crippen molar-refractivity contribution in [1.82, 2.24) is 4.90 Å². The minimum absolute atomic E-state index is 0.0737. The van der Waals surface area contributed by atoms with Gasteiger partial charge in [0.2, 0.25) is 0 Å². The van der Waals surface area contributed by atoms with Crippen molar-refractivity contribution in [2.45, 2.75) is 12.2 Å². The Labute approximate surface area is 120 Å². The van der Waals surface area contributed by atoms with Crippen molar-refractivity contribution in [3.63, 3.8) is 0 Å². The van der Waals surface area contributed by atoms with Crippen molar-refractivity contribution < 1.29 is 9.72 Å². The van der Waals surface area contributed by atoms with Crippen LogP contribution in [-0.4, -0.2) is 39.8 Å². The van der Waals surface area contributed by atoms with E-state index in [9.17, 15) is 14.9 Å². The van der Waals surface area contributed by atoms with Crippen LogP contribution >= 0.6 is 11.8 Å². The molecule has 8 heteroatoms. The highest BCUT2D eigenvalue weighted by atomic mass is 32.2. The number of benzene rings is 1. The Hall–Kier alpha value is -1.80. The molecule has 3 N–H and O–H groups in total. The summed E-state index contributed by atoms with van der Waals surface area (Å²) in [4.78, 5) is 24.6. The molecule has 1 atom stereocenters. The van der Waals surface area contributed by atoms with Gasteiger partial charge in [-0.2, -0.15) is 11.8 Å². The van der Waals surface area contributed by atoms with Crippen molar-refractivity contribution in [3.05, 3.63) is 33.9 Å². The summed E-state index contributed by atoms with van der Waals surface area (Å²) in [5, 5.41) is 11.4. The summed E-state index contributed by atoms with van der Waals surface area (Å²) >= 11 is 1.79. The van der Waals surface area contributed by atoms with Gasteiger partial charge in [0.05, 0.1) is 4.92 Å². The number of hydrogen-bond donors (Lipinski definition) is 2. The van der Waals surface area contributed by atoms with E-state index in [0.717, 1.165) is 5.75 Å². The monoisotopic (exact) mass is 296 g/mol. The highest BCUT2D eigenvalue weighted by Crippen LogP contribution is 2.26. The third-order valence-corrected chi connectivity index (χ3v) is 4.25. The Balaban J connectivity index is 2.34. The van der Waals surface area contributed by atoms with Gasteiger partial charge in [0.25, 0.3) is 11.6 Å². The van der Waals surface area contributed by atoms with E-state index in [1.807, 2.05) is 6.92 Å². The minimum Gasteiger partial charge on any atom is -0.336 e. The van der Waals surface area contributed by atoms with Crippen LogP contribution in [0.4, 0.5) is 11.4 Å². The number of hydrazine groups is 1. The van der Waals surface area contributed by atoms with Gasteiger partial charge in [0.1, 0.15) is 5.56 Å². The van der Waals surface area contributed by atoms with Gasteiger partial charge >= 0.3 is 0 Å². The Kier molecular flexibility index (Phi) is 4.46. The molecule has 7 nitrogen and oxygen atoms in total. The molecule has 20 heavy (non-hydrogen) atoms. The first-order chi connectivity index (χ1) is 9.52. The van der Waals surface area contributed by atoms with Gasteiger partial charge in [0, 0.05) is 35.8 Å². The van der Waals surface area contributed by atoms with Crippen molar-refractivity contribution >= 4 is 29.0 Å². The summed E-state index contributed by atoms with van der Waals surface area (Å²) in [6, 6.07) is 4.20. The predicted octanol–water partition coefficient (Wildman–Crippen LogP) is 1.46. The number of hydrogen-bond acceptors (Lipinski definition) is 6. The molecule has 0 radical (unpaired) electrons. The fourth-order valence-corrected chi connectivity index (χ4v) is 3.14. The molecule has 1 heterocycles. The van der Waals surface area contributed by atoms with E-state index in [-0.39, 0.29) is 17.2 Å². The number of thioether (sulfide) groups is 1. The van der Waals surface area contributed by atoms with Crippen molar-refractivity contribution in [3.8, 4) is 0 Å². The van der Waals surface area contributed by atoms with E-state index in [2.05, 4.69) is 5.43 Å². The van der Waals surface area contributed by atoms with E-state index >= 15 is 0 Å². The molecular weight excluding hydrogens is 280 g/mol. The summed E-state index contributed by atoms with van der Waals surface area (Å²) < 4.78 is 0. The van der Waals surface area contributed by atoms with Gasteiger partial charge in [0.15, 0.2) is 0 Å². The molecule has 1 fully saturated rings. The summed E-state index contributed by atoms with van der Waals surface area (Å²) in [6.45, 7) is 3.24. The molecule has 2 rings (SSSR count). The Bertz CT molecular complexity index is 537. The van der Waals surface area contributed by atoms with Gasteiger partial charge in [-0.25, -0.2) is 0 Å². The van der Waals surface area contributed by atoms with Crippen LogP contribution in [0.15, 0.2) is 18.2 Å². The number of nitrogens with one attached hydrogen (secondary N) is 1. The maximum atomic E-state index is 12.5. The van der Waals surface area contributed by atoms with Crippen molar-refractivity contribution in [1.29, 1.82) is 0 Å². The topological polar surface area (TPSA) is 102 Å². The average molecular weight is 296 g/mol. The fraction of sp³-hybridized carbons (Fsp3) is 0.417. The lowest BCUT2D eigenvalue weighted by Gasteiger charge is -2.30. The van der Waals surface area contributed by atoms with Crippen LogP contribution in [0.3, 0.4) is 0 Å². The Morgan fingerprint density at radius 1 is 1.60 bits per heavy atom. The largest absolute Gasteiger partial charge is 0.336 e. The van der Waals surface area contributed by atoms with E-state index < -0.39 is 4.92 Å². The molecule has 1 aliphatic rings. The van der Waals surface area contributed by atoms with Crippen LogP contribution in [0.2, 0.25) is 0 Å². The van der Waals surface area contributed by atoms with E-state index in [4.69, 9.17) is 5.84 Å². The molecule has 0 bridgehead atoms. The second-order valence-electron chi connectivity index (χ2n) is 4.57. The number of nitrogens with two attached hydrogens (primary N) is 1. The van der Waals surface area contributed by atoms with E-state index in [1.54, 1.807) is 16.7 Å². The summed E-state index contributed by atoms with van der Waals surface area (Å²) in [6.07, 6.45) is 0. The van der Waals surface area contributed by atoms with Crippen LogP contribution < -0.4 is 11.3 Å². The van der Waals surface area contributed by atoms with Crippen LogP contribution in [0.1, 0.15) is 17.3 Å². The number of carbonyl (C=O) groups excluding carboxylic acids is 1. The fourth-order valence-electron chi connectivity index (χ4n) is 2.13. The normalized spacial score (nSPS) is 18.7. The van der Waals surface area contributed by atoms with Crippen molar-refractivity contribution in [2.24, 2.45) is 5.84 Å². The zero-order valence-corrected chi connectivity index (χ0v) is 11.9. The molecule has 0 saturated carbocycles. The molecule has 0 spiro atoms. The standard InChI is InChI=1S/C12H16N4O3S/c1-8-7-15(4-5-20-8)12(17)10-6-9(14-13)2-3-11(10)16(18)19/h2-3,6,8,14H,4-5,7,13H2,1H3. The first-order valence-electron chi connectivity index (χ1n) is 6.19. The number of nitrogen functional groups attached to an aromatic ring is 1. The quantitative estimate of drug-likeness (QED) is 0.497. The molecule has 1 unspecified atom stereocenters. The van der Waals surface area contributed by atoms with Crippen LogP contribution in [0.25, 0.3) is 0 Å². The van der Waals surface area contributed by atoms with Gasteiger partial charge in [-0.05, 0) is 12.1 Å². The van der Waals surface area contributed by atoms with Crippen LogP contribution in [0.5, 0.6) is 0 Å². The highest BCUT2D eigenvalue weighted by molar-refractivity contribution is 7.99. The SMILES string of the molecule is CC1CN(C(=O)c2cc(NN)ccc2[N+](=O)[O-])CCS1. The smallest absolute Gasteiger partial charge is 0.282 e. The maximum absolute atomic E-state index is 12.5. The van der Waals surface area contributed by atoms with Gasteiger partial charge in [-0.1, -0.05) is 6.92 Å². The second-order valence-corrected chi connectivity index (χ2v) is 6.11. The lowest BCUT2D eigenvalue weighted by Crippen LogP contribution is -2.41. The minimum atomic E-state index is -0.546. The predicted molar refractivity (Wildman–Crippen MR) is 78.7 cm³/mol. The number of anilines is 1. The van der Waals surface area contributed by atoms with E-state index in [1.165, 1.54) is 18.2 Å². The lowest BCUT2D eigenvalue weighted by atomic mass is 10.1. The zero-order chi connectivity index (χ0) is 14.7. The first-order valence-corrected chi connectivity index (χ1v) is 7.23. The molecule has 1 amide bonds. The van der Waals surface area contributed by atoms with Crippen LogP contribution in [-0.2, 0) is 0 Å². The van der Waals surface area contributed by atoms with E-state index in [0.29, 0.717) is 24.0 Å². The number of nitro benzene ring substituents is 1. The molecule has 108 valence electrons. The van der Waals surface area contributed by atoms with Crippen LogP contribution in [0, 0.1) is 10.1 Å². The number of nitrogens with zero attached hydrogens (tertiary/aromatic N) is 2. The molecule has 1 aliphatic heterocycles. The zero-order valence-electron chi connectivity index (χ0n) is 11.0. The third-order valence-electron chi connectivity index (χ3n) is 3.12. The molecule has 1 saturated heterocycles. The average Bonchev–Trinajstić information content (AvgIpc) is 2.45. The van der Waals surface area contributed by atoms with Gasteiger partial charge in [-0.15, -0.1) is 0 Å².